The molecule has 3 N–H and O–H groups in total. The lowest BCUT2D eigenvalue weighted by atomic mass is 10.2. The molecular weight excluding hydrogens is 304 g/mol. The highest BCUT2D eigenvalue weighted by Crippen LogP contribution is 2.10. The number of primary amides is 1. The fraction of sp³-hybridized carbons (Fsp3) is 0.182. The molecule has 0 bridgehead atoms. The summed E-state index contributed by atoms with van der Waals surface area (Å²) in [6.07, 6.45) is -1.34. The van der Waals surface area contributed by atoms with Crippen molar-refractivity contribution in [2.75, 3.05) is 0 Å². The summed E-state index contributed by atoms with van der Waals surface area (Å²) in [4.78, 5) is 32.7. The van der Waals surface area contributed by atoms with E-state index in [0.717, 1.165) is 4.47 Å². The Morgan fingerprint density at radius 1 is 1.39 bits per heavy atom. The van der Waals surface area contributed by atoms with E-state index >= 15 is 0 Å². The van der Waals surface area contributed by atoms with Crippen molar-refractivity contribution < 1.29 is 19.1 Å². The van der Waals surface area contributed by atoms with Crippen LogP contribution in [0.25, 0.3) is 0 Å². The van der Waals surface area contributed by atoms with Crippen molar-refractivity contribution in [2.45, 2.75) is 12.6 Å². The molecule has 1 aromatic rings. The van der Waals surface area contributed by atoms with Crippen molar-refractivity contribution in [1.29, 1.82) is 0 Å². The number of carbonyl (C=O) groups is 3. The van der Waals surface area contributed by atoms with E-state index in [4.69, 9.17) is 5.73 Å². The summed E-state index contributed by atoms with van der Waals surface area (Å²) in [6, 6.07) is 6.56. The first kappa shape index (κ1) is 14.2. The van der Waals surface area contributed by atoms with Crippen LogP contribution in [0.2, 0.25) is 0 Å². The van der Waals surface area contributed by atoms with Gasteiger partial charge in [0.15, 0.2) is 6.23 Å². The van der Waals surface area contributed by atoms with Gasteiger partial charge in [-0.25, -0.2) is 0 Å². The minimum atomic E-state index is -1.06. The molecule has 96 valence electrons. The van der Waals surface area contributed by atoms with Gasteiger partial charge in [-0.3, -0.25) is 14.4 Å². The van der Waals surface area contributed by atoms with E-state index < -0.39 is 18.0 Å². The van der Waals surface area contributed by atoms with E-state index in [0.29, 0.717) is 5.56 Å². The van der Waals surface area contributed by atoms with Crippen molar-refractivity contribution in [3.8, 4) is 0 Å². The Kier molecular flexibility index (Phi) is 5.31. The first-order valence-electron chi connectivity index (χ1n) is 4.96. The Bertz CT molecular complexity index is 447. The molecule has 0 heterocycles. The normalized spacial score (nSPS) is 11.4. The minimum Gasteiger partial charge on any atom is -0.443 e. The Labute approximate surface area is 112 Å². The van der Waals surface area contributed by atoms with Crippen molar-refractivity contribution in [2.24, 2.45) is 5.73 Å². The fourth-order valence-corrected chi connectivity index (χ4v) is 1.48. The number of amides is 2. The zero-order chi connectivity index (χ0) is 13.5. The lowest BCUT2D eigenvalue weighted by molar-refractivity contribution is -0.136. The standard InChI is InChI=1S/C11H11BrN2O4/c12-8-3-1-7(2-4-8)11(17)14-10(18-6-15)5-9(13)16/h1-4,6,10H,5H2,(H2,13,16)(H,14,17)/t10-/m0/s1. The number of benzene rings is 1. The molecule has 2 amide bonds. The molecule has 0 aliphatic carbocycles. The second-order valence-electron chi connectivity index (χ2n) is 3.37. The molecule has 0 aromatic heterocycles. The molecule has 7 heteroatoms. The van der Waals surface area contributed by atoms with Gasteiger partial charge in [0, 0.05) is 10.0 Å². The van der Waals surface area contributed by atoms with Gasteiger partial charge in [-0.15, -0.1) is 0 Å². The van der Waals surface area contributed by atoms with Crippen LogP contribution in [0.15, 0.2) is 28.7 Å². The molecule has 18 heavy (non-hydrogen) atoms. The second kappa shape index (κ2) is 6.75. The number of hydrogen-bond acceptors (Lipinski definition) is 4. The molecule has 0 spiro atoms. The smallest absolute Gasteiger partial charge is 0.295 e. The number of nitrogens with one attached hydrogen (secondary N) is 1. The summed E-state index contributed by atoms with van der Waals surface area (Å²) >= 11 is 3.24. The SMILES string of the molecule is NC(=O)C[C@@H](NC(=O)c1ccc(Br)cc1)OC=O. The molecule has 0 radical (unpaired) electrons. The molecule has 6 nitrogen and oxygen atoms in total. The molecule has 0 unspecified atom stereocenters. The van der Waals surface area contributed by atoms with E-state index in [2.05, 4.69) is 26.0 Å². The van der Waals surface area contributed by atoms with Crippen molar-refractivity contribution in [3.05, 3.63) is 34.3 Å². The summed E-state index contributed by atoms with van der Waals surface area (Å²) in [5.74, 6) is -1.14. The van der Waals surface area contributed by atoms with Gasteiger partial charge >= 0.3 is 0 Å². The lowest BCUT2D eigenvalue weighted by Gasteiger charge is -2.15. The topological polar surface area (TPSA) is 98.5 Å². The van der Waals surface area contributed by atoms with Crippen LogP contribution in [0.3, 0.4) is 0 Å². The number of ether oxygens (including phenoxy) is 1. The summed E-state index contributed by atoms with van der Waals surface area (Å²) in [5.41, 5.74) is 5.34. The largest absolute Gasteiger partial charge is 0.443 e. The van der Waals surface area contributed by atoms with Crippen molar-refractivity contribution in [3.63, 3.8) is 0 Å². The van der Waals surface area contributed by atoms with Gasteiger partial charge in [-0.05, 0) is 24.3 Å². The maximum absolute atomic E-state index is 11.7. The van der Waals surface area contributed by atoms with Crippen LogP contribution >= 0.6 is 15.9 Å². The zero-order valence-electron chi connectivity index (χ0n) is 9.26. The summed E-state index contributed by atoms with van der Waals surface area (Å²) in [6.45, 7) is 0.148. The third-order valence-electron chi connectivity index (χ3n) is 2.00. The Balaban J connectivity index is 2.68. The Hall–Kier alpha value is -1.89. The summed E-state index contributed by atoms with van der Waals surface area (Å²) in [7, 11) is 0. The molecule has 0 aliphatic rings. The number of carbonyl (C=O) groups excluding carboxylic acids is 3. The highest BCUT2D eigenvalue weighted by Gasteiger charge is 2.16. The molecule has 0 aliphatic heterocycles. The molecular formula is C11H11BrN2O4. The minimum absolute atomic E-state index is 0.148. The molecule has 1 aromatic carbocycles. The quantitative estimate of drug-likeness (QED) is 0.592. The van der Waals surface area contributed by atoms with E-state index in [9.17, 15) is 14.4 Å². The Morgan fingerprint density at radius 2 is 2.00 bits per heavy atom. The number of nitrogens with two attached hydrogens (primary N) is 1. The van der Waals surface area contributed by atoms with Gasteiger partial charge in [0.1, 0.15) is 0 Å². The van der Waals surface area contributed by atoms with Crippen LogP contribution in [0.1, 0.15) is 16.8 Å². The average Bonchev–Trinajstić information content (AvgIpc) is 2.29. The predicted octanol–water partition coefficient (Wildman–Crippen LogP) is 0.553. The number of hydrogen-bond donors (Lipinski definition) is 2. The van der Waals surface area contributed by atoms with E-state index in [1.54, 1.807) is 24.3 Å². The predicted molar refractivity (Wildman–Crippen MR) is 66.4 cm³/mol. The van der Waals surface area contributed by atoms with Crippen LogP contribution in [-0.2, 0) is 14.3 Å². The molecule has 1 rings (SSSR count). The summed E-state index contributed by atoms with van der Waals surface area (Å²) in [5, 5.41) is 2.38. The maximum atomic E-state index is 11.7. The summed E-state index contributed by atoms with van der Waals surface area (Å²) < 4.78 is 5.38. The molecule has 1 atom stereocenters. The monoisotopic (exact) mass is 314 g/mol. The van der Waals surface area contributed by atoms with Crippen molar-refractivity contribution in [1.82, 2.24) is 5.32 Å². The van der Waals surface area contributed by atoms with Crippen LogP contribution in [-0.4, -0.2) is 24.5 Å². The first-order chi connectivity index (χ1) is 8.52. The van der Waals surface area contributed by atoms with Gasteiger partial charge in [0.2, 0.25) is 5.91 Å². The highest BCUT2D eigenvalue weighted by atomic mass is 79.9. The first-order valence-corrected chi connectivity index (χ1v) is 5.76. The van der Waals surface area contributed by atoms with Gasteiger partial charge in [0.05, 0.1) is 6.42 Å². The van der Waals surface area contributed by atoms with Crippen LogP contribution in [0.5, 0.6) is 0 Å². The van der Waals surface area contributed by atoms with E-state index in [1.165, 1.54) is 0 Å². The maximum Gasteiger partial charge on any atom is 0.295 e. The van der Waals surface area contributed by atoms with E-state index in [1.807, 2.05) is 0 Å². The lowest BCUT2D eigenvalue weighted by Crippen LogP contribution is -2.39. The molecule has 0 fully saturated rings. The van der Waals surface area contributed by atoms with Crippen LogP contribution in [0, 0.1) is 0 Å². The average molecular weight is 315 g/mol. The molecule has 0 saturated carbocycles. The van der Waals surface area contributed by atoms with Gasteiger partial charge in [-0.1, -0.05) is 15.9 Å². The van der Waals surface area contributed by atoms with Gasteiger partial charge in [0.25, 0.3) is 12.4 Å². The third kappa shape index (κ3) is 4.54. The van der Waals surface area contributed by atoms with Gasteiger partial charge < -0.3 is 15.8 Å². The fourth-order valence-electron chi connectivity index (χ4n) is 1.21. The van der Waals surface area contributed by atoms with Gasteiger partial charge in [-0.2, -0.15) is 0 Å². The van der Waals surface area contributed by atoms with Crippen LogP contribution in [0.4, 0.5) is 0 Å². The zero-order valence-corrected chi connectivity index (χ0v) is 10.8. The Morgan fingerprint density at radius 3 is 2.50 bits per heavy atom. The highest BCUT2D eigenvalue weighted by molar-refractivity contribution is 9.10. The number of halogens is 1. The van der Waals surface area contributed by atoms with Crippen LogP contribution < -0.4 is 11.1 Å². The van der Waals surface area contributed by atoms with E-state index in [-0.39, 0.29) is 12.9 Å². The third-order valence-corrected chi connectivity index (χ3v) is 2.53. The molecule has 0 saturated heterocycles. The number of rotatable bonds is 6. The van der Waals surface area contributed by atoms with Crippen molar-refractivity contribution >= 4 is 34.2 Å². The second-order valence-corrected chi connectivity index (χ2v) is 4.29.